The summed E-state index contributed by atoms with van der Waals surface area (Å²) in [5, 5.41) is 0. The first-order valence-electron chi connectivity index (χ1n) is 5.74. The highest BCUT2D eigenvalue weighted by atomic mass is 16.5. The molecule has 90 valence electrons. The van der Waals surface area contributed by atoms with E-state index in [0.717, 1.165) is 32.2 Å². The average molecular weight is 216 g/mol. The fourth-order valence-electron chi connectivity index (χ4n) is 2.10. The van der Waals surface area contributed by atoms with Gasteiger partial charge in [-0.05, 0) is 31.8 Å². The Bertz CT molecular complexity index is 155. The highest BCUT2D eigenvalue weighted by Crippen LogP contribution is 2.17. The molecule has 0 bridgehead atoms. The van der Waals surface area contributed by atoms with E-state index in [0.29, 0.717) is 6.54 Å². The van der Waals surface area contributed by atoms with Crippen LogP contribution in [0.4, 0.5) is 0 Å². The van der Waals surface area contributed by atoms with Crippen molar-refractivity contribution in [1.82, 2.24) is 4.90 Å². The van der Waals surface area contributed by atoms with Crippen molar-refractivity contribution in [2.75, 3.05) is 47.0 Å². The molecule has 1 saturated heterocycles. The molecular formula is C11H24N2O2. The van der Waals surface area contributed by atoms with Crippen LogP contribution in [0.3, 0.4) is 0 Å². The van der Waals surface area contributed by atoms with Crippen molar-refractivity contribution in [2.24, 2.45) is 11.7 Å². The minimum atomic E-state index is 0.184. The van der Waals surface area contributed by atoms with Gasteiger partial charge in [0.05, 0.1) is 6.10 Å². The van der Waals surface area contributed by atoms with E-state index in [1.165, 1.54) is 12.8 Å². The van der Waals surface area contributed by atoms with Crippen LogP contribution in [-0.4, -0.2) is 58.0 Å². The lowest BCUT2D eigenvalue weighted by molar-refractivity contribution is 0.0451. The van der Waals surface area contributed by atoms with Crippen molar-refractivity contribution in [3.8, 4) is 0 Å². The van der Waals surface area contributed by atoms with Gasteiger partial charge in [0.15, 0.2) is 0 Å². The van der Waals surface area contributed by atoms with Crippen molar-refractivity contribution in [3.05, 3.63) is 0 Å². The molecule has 0 spiro atoms. The Labute approximate surface area is 92.7 Å². The maximum absolute atomic E-state index is 5.60. The summed E-state index contributed by atoms with van der Waals surface area (Å²) in [6.45, 7) is 4.77. The van der Waals surface area contributed by atoms with Crippen molar-refractivity contribution >= 4 is 0 Å². The molecule has 2 N–H and O–H groups in total. The van der Waals surface area contributed by atoms with Crippen molar-refractivity contribution in [3.63, 3.8) is 0 Å². The largest absolute Gasteiger partial charge is 0.384 e. The van der Waals surface area contributed by atoms with E-state index < -0.39 is 0 Å². The zero-order chi connectivity index (χ0) is 11.1. The lowest BCUT2D eigenvalue weighted by Crippen LogP contribution is -2.42. The molecule has 4 heteroatoms. The number of ether oxygens (including phenoxy) is 2. The van der Waals surface area contributed by atoms with Crippen LogP contribution in [0.2, 0.25) is 0 Å². The van der Waals surface area contributed by atoms with Gasteiger partial charge in [0.1, 0.15) is 0 Å². The van der Waals surface area contributed by atoms with E-state index in [9.17, 15) is 0 Å². The lowest BCUT2D eigenvalue weighted by atomic mass is 9.97. The van der Waals surface area contributed by atoms with Crippen LogP contribution in [0.1, 0.15) is 12.8 Å². The number of likely N-dealkylation sites (tertiary alicyclic amines) is 1. The van der Waals surface area contributed by atoms with Crippen molar-refractivity contribution in [1.29, 1.82) is 0 Å². The quantitative estimate of drug-likeness (QED) is 0.694. The summed E-state index contributed by atoms with van der Waals surface area (Å²) < 4.78 is 10.5. The number of nitrogens with zero attached hydrogens (tertiary/aromatic N) is 1. The smallest absolute Gasteiger partial charge is 0.0820 e. The molecule has 1 heterocycles. The van der Waals surface area contributed by atoms with Crippen LogP contribution in [0, 0.1) is 5.92 Å². The van der Waals surface area contributed by atoms with Gasteiger partial charge < -0.3 is 20.1 Å². The number of hydrogen-bond donors (Lipinski definition) is 1. The minimum Gasteiger partial charge on any atom is -0.384 e. The van der Waals surface area contributed by atoms with Crippen LogP contribution >= 0.6 is 0 Å². The number of methoxy groups -OCH3 is 2. The summed E-state index contributed by atoms with van der Waals surface area (Å²) in [6.07, 6.45) is 2.65. The molecule has 0 aromatic rings. The van der Waals surface area contributed by atoms with E-state index in [-0.39, 0.29) is 6.10 Å². The summed E-state index contributed by atoms with van der Waals surface area (Å²) in [5.74, 6) is 0.741. The Balaban J connectivity index is 2.19. The SMILES string of the molecule is COCC1CCN(CC(CN)OC)CC1. The number of hydrogen-bond acceptors (Lipinski definition) is 4. The van der Waals surface area contributed by atoms with E-state index >= 15 is 0 Å². The normalized spacial score (nSPS) is 21.8. The Morgan fingerprint density at radius 2 is 2.00 bits per heavy atom. The third kappa shape index (κ3) is 4.47. The summed E-state index contributed by atoms with van der Waals surface area (Å²) in [5.41, 5.74) is 5.60. The van der Waals surface area contributed by atoms with Crippen molar-refractivity contribution in [2.45, 2.75) is 18.9 Å². The maximum atomic E-state index is 5.60. The molecule has 0 aromatic heterocycles. The van der Waals surface area contributed by atoms with E-state index in [4.69, 9.17) is 15.2 Å². The van der Waals surface area contributed by atoms with Crippen LogP contribution in [0.25, 0.3) is 0 Å². The molecule has 1 fully saturated rings. The standard InChI is InChI=1S/C11H24N2O2/c1-14-9-10-3-5-13(6-4-10)8-11(7-12)15-2/h10-11H,3-9,12H2,1-2H3. The minimum absolute atomic E-state index is 0.184. The third-order valence-corrected chi connectivity index (χ3v) is 3.17. The molecule has 1 aliphatic heterocycles. The number of rotatable bonds is 6. The Morgan fingerprint density at radius 3 is 2.47 bits per heavy atom. The van der Waals surface area contributed by atoms with Gasteiger partial charge in [0.25, 0.3) is 0 Å². The second-order valence-corrected chi connectivity index (χ2v) is 4.29. The summed E-state index contributed by atoms with van der Waals surface area (Å²) in [7, 11) is 3.51. The zero-order valence-electron chi connectivity index (χ0n) is 9.95. The molecule has 0 aromatic carbocycles. The first-order chi connectivity index (χ1) is 7.30. The Hall–Kier alpha value is -0.160. The van der Waals surface area contributed by atoms with Gasteiger partial charge in [-0.15, -0.1) is 0 Å². The van der Waals surface area contributed by atoms with Crippen LogP contribution in [-0.2, 0) is 9.47 Å². The summed E-state index contributed by atoms with van der Waals surface area (Å²) >= 11 is 0. The Kier molecular flexibility index (Phi) is 6.17. The van der Waals surface area contributed by atoms with Gasteiger partial charge in [-0.3, -0.25) is 0 Å². The maximum Gasteiger partial charge on any atom is 0.0820 e. The molecule has 4 nitrogen and oxygen atoms in total. The van der Waals surface area contributed by atoms with Gasteiger partial charge in [0.2, 0.25) is 0 Å². The molecule has 1 atom stereocenters. The second kappa shape index (κ2) is 7.17. The van der Waals surface area contributed by atoms with E-state index in [1.807, 2.05) is 0 Å². The topological polar surface area (TPSA) is 47.7 Å². The van der Waals surface area contributed by atoms with Crippen LogP contribution < -0.4 is 5.73 Å². The molecule has 0 amide bonds. The van der Waals surface area contributed by atoms with Gasteiger partial charge in [-0.1, -0.05) is 0 Å². The first-order valence-corrected chi connectivity index (χ1v) is 5.74. The predicted octanol–water partition coefficient (Wildman–Crippen LogP) is 0.319. The average Bonchev–Trinajstić information content (AvgIpc) is 2.28. The fraction of sp³-hybridized carbons (Fsp3) is 1.00. The molecule has 0 aliphatic carbocycles. The van der Waals surface area contributed by atoms with Gasteiger partial charge in [-0.2, -0.15) is 0 Å². The molecule has 15 heavy (non-hydrogen) atoms. The fourth-order valence-corrected chi connectivity index (χ4v) is 2.10. The predicted molar refractivity (Wildman–Crippen MR) is 60.9 cm³/mol. The van der Waals surface area contributed by atoms with Gasteiger partial charge >= 0.3 is 0 Å². The number of nitrogens with two attached hydrogens (primary N) is 1. The molecular weight excluding hydrogens is 192 g/mol. The van der Waals surface area contributed by atoms with Gasteiger partial charge in [0, 0.05) is 33.9 Å². The third-order valence-electron chi connectivity index (χ3n) is 3.17. The Morgan fingerprint density at radius 1 is 1.33 bits per heavy atom. The first kappa shape index (κ1) is 12.9. The van der Waals surface area contributed by atoms with Crippen molar-refractivity contribution < 1.29 is 9.47 Å². The molecule has 0 saturated carbocycles. The summed E-state index contributed by atoms with van der Waals surface area (Å²) in [4.78, 5) is 2.44. The second-order valence-electron chi connectivity index (χ2n) is 4.29. The molecule has 1 unspecified atom stereocenters. The lowest BCUT2D eigenvalue weighted by Gasteiger charge is -2.33. The molecule has 1 aliphatic rings. The van der Waals surface area contributed by atoms with E-state index in [2.05, 4.69) is 4.90 Å². The highest BCUT2D eigenvalue weighted by Gasteiger charge is 2.20. The highest BCUT2D eigenvalue weighted by molar-refractivity contribution is 4.74. The summed E-state index contributed by atoms with van der Waals surface area (Å²) in [6, 6.07) is 0. The number of piperidine rings is 1. The van der Waals surface area contributed by atoms with E-state index in [1.54, 1.807) is 14.2 Å². The monoisotopic (exact) mass is 216 g/mol. The zero-order valence-corrected chi connectivity index (χ0v) is 9.95. The van der Waals surface area contributed by atoms with Crippen LogP contribution in [0.15, 0.2) is 0 Å². The van der Waals surface area contributed by atoms with Crippen LogP contribution in [0.5, 0.6) is 0 Å². The van der Waals surface area contributed by atoms with Gasteiger partial charge in [-0.25, -0.2) is 0 Å². The molecule has 1 rings (SSSR count). The molecule has 0 radical (unpaired) electrons.